The summed E-state index contributed by atoms with van der Waals surface area (Å²) in [6.07, 6.45) is 7.91. The van der Waals surface area contributed by atoms with Crippen molar-refractivity contribution in [2.45, 2.75) is 45.6 Å². The molecule has 166 valence electrons. The Morgan fingerprint density at radius 2 is 2.09 bits per heavy atom. The first-order valence-electron chi connectivity index (χ1n) is 11.2. The van der Waals surface area contributed by atoms with Crippen molar-refractivity contribution in [2.24, 2.45) is 17.6 Å². The van der Waals surface area contributed by atoms with Crippen LogP contribution in [0, 0.1) is 11.8 Å². The van der Waals surface area contributed by atoms with Gasteiger partial charge in [-0.1, -0.05) is 26.7 Å². The number of rotatable bonds is 7. The molecule has 0 spiro atoms. The van der Waals surface area contributed by atoms with E-state index in [-0.39, 0.29) is 17.0 Å². The molecule has 0 bridgehead atoms. The van der Waals surface area contributed by atoms with Crippen molar-refractivity contribution in [3.05, 3.63) is 57.3 Å². The number of amides is 1. The van der Waals surface area contributed by atoms with Crippen LogP contribution < -0.4 is 15.9 Å². The van der Waals surface area contributed by atoms with Gasteiger partial charge in [-0.3, -0.25) is 9.59 Å². The highest BCUT2D eigenvalue weighted by Gasteiger charge is 2.29. The van der Waals surface area contributed by atoms with E-state index in [1.54, 1.807) is 29.8 Å². The third-order valence-electron chi connectivity index (χ3n) is 6.53. The summed E-state index contributed by atoms with van der Waals surface area (Å²) in [5.41, 5.74) is 9.03. The lowest BCUT2D eigenvalue weighted by Crippen LogP contribution is -2.30. The first-order valence-corrected chi connectivity index (χ1v) is 12.1. The summed E-state index contributed by atoms with van der Waals surface area (Å²) in [7, 11) is 0. The molecule has 1 fully saturated rings. The van der Waals surface area contributed by atoms with E-state index >= 15 is 0 Å². The number of benzene rings is 1. The van der Waals surface area contributed by atoms with Crippen LogP contribution in [0.15, 0.2) is 40.8 Å². The number of hydrogen-bond donors (Lipinski definition) is 1. The molecule has 2 aromatic heterocycles. The van der Waals surface area contributed by atoms with Crippen molar-refractivity contribution < 1.29 is 9.53 Å². The zero-order valence-electron chi connectivity index (χ0n) is 18.3. The van der Waals surface area contributed by atoms with Gasteiger partial charge in [0.15, 0.2) is 5.43 Å². The van der Waals surface area contributed by atoms with Gasteiger partial charge in [0.2, 0.25) is 0 Å². The number of fused-ring (bicyclic) bond motifs is 3. The van der Waals surface area contributed by atoms with Crippen molar-refractivity contribution in [1.29, 1.82) is 0 Å². The van der Waals surface area contributed by atoms with Crippen molar-refractivity contribution in [3.8, 4) is 27.6 Å². The normalized spacial score (nSPS) is 17.2. The van der Waals surface area contributed by atoms with Gasteiger partial charge < -0.3 is 15.0 Å². The van der Waals surface area contributed by atoms with Gasteiger partial charge in [0, 0.05) is 35.4 Å². The number of pyridine rings is 1. The van der Waals surface area contributed by atoms with E-state index in [4.69, 9.17) is 10.5 Å². The minimum Gasteiger partial charge on any atom is -0.493 e. The summed E-state index contributed by atoms with van der Waals surface area (Å²) in [5, 5.41) is 2.85. The standard InChI is InChI=1S/C25H27N3O3S/c1-14(2)20-9-16-10-23(31-7-5-15-3-4-15)18(25-27-6-8-32-25)11-17(16)21-12-22(29)19(24(26)30)13-28(20)21/h6,8,10-15,20H,3-5,7,9H2,1-2H3,(H2,26,30). The zero-order chi connectivity index (χ0) is 22.4. The summed E-state index contributed by atoms with van der Waals surface area (Å²) in [4.78, 5) is 29.0. The molecule has 3 heterocycles. The van der Waals surface area contributed by atoms with Crippen molar-refractivity contribution in [3.63, 3.8) is 0 Å². The first kappa shape index (κ1) is 20.9. The minimum absolute atomic E-state index is 0.0306. The van der Waals surface area contributed by atoms with Crippen LogP contribution in [-0.4, -0.2) is 22.1 Å². The molecule has 3 aromatic rings. The molecule has 1 saturated carbocycles. The molecule has 0 radical (unpaired) electrons. The quantitative estimate of drug-likeness (QED) is 0.568. The second kappa shape index (κ2) is 8.20. The Labute approximate surface area is 191 Å². The first-order chi connectivity index (χ1) is 15.4. The van der Waals surface area contributed by atoms with Gasteiger partial charge in [0.1, 0.15) is 16.3 Å². The molecular weight excluding hydrogens is 422 g/mol. The maximum Gasteiger partial charge on any atom is 0.254 e. The number of primary amides is 1. The van der Waals surface area contributed by atoms with Crippen LogP contribution in [0.4, 0.5) is 0 Å². The minimum atomic E-state index is -0.693. The molecule has 5 rings (SSSR count). The van der Waals surface area contributed by atoms with Gasteiger partial charge in [0.05, 0.1) is 17.9 Å². The Hall–Kier alpha value is -2.93. The van der Waals surface area contributed by atoms with Crippen LogP contribution in [0.25, 0.3) is 21.8 Å². The summed E-state index contributed by atoms with van der Waals surface area (Å²) < 4.78 is 8.32. The summed E-state index contributed by atoms with van der Waals surface area (Å²) in [6.45, 7) is 5.00. The molecule has 6 nitrogen and oxygen atoms in total. The Balaban J connectivity index is 1.65. The second-order valence-corrected chi connectivity index (χ2v) is 10.0. The molecule has 7 heteroatoms. The number of ether oxygens (including phenoxy) is 1. The SMILES string of the molecule is CC(C)C1Cc2cc(OCCC3CC3)c(-c3nccs3)cc2-c2cc(=O)c(C(N)=O)cn21. The highest BCUT2D eigenvalue weighted by Crippen LogP contribution is 2.43. The largest absolute Gasteiger partial charge is 0.493 e. The molecular formula is C25H27N3O3S. The molecule has 1 unspecified atom stereocenters. The Kier molecular flexibility index (Phi) is 5.37. The fourth-order valence-electron chi connectivity index (χ4n) is 4.52. The monoisotopic (exact) mass is 449 g/mol. The number of hydrogen-bond acceptors (Lipinski definition) is 5. The molecule has 0 saturated heterocycles. The van der Waals surface area contributed by atoms with Gasteiger partial charge >= 0.3 is 0 Å². The molecule has 2 N–H and O–H groups in total. The summed E-state index contributed by atoms with van der Waals surface area (Å²) in [5.74, 6) is 1.27. The van der Waals surface area contributed by atoms with E-state index in [1.807, 2.05) is 9.95 Å². The maximum absolute atomic E-state index is 12.7. The average Bonchev–Trinajstić information content (AvgIpc) is 3.42. The third kappa shape index (κ3) is 3.86. The Morgan fingerprint density at radius 1 is 1.28 bits per heavy atom. The molecule has 2 aliphatic rings. The van der Waals surface area contributed by atoms with E-state index in [0.717, 1.165) is 51.9 Å². The van der Waals surface area contributed by atoms with Crippen molar-refractivity contribution >= 4 is 17.2 Å². The highest BCUT2D eigenvalue weighted by molar-refractivity contribution is 7.13. The van der Waals surface area contributed by atoms with E-state index in [1.165, 1.54) is 12.8 Å². The molecule has 1 aliphatic carbocycles. The van der Waals surface area contributed by atoms with Crippen LogP contribution in [-0.2, 0) is 6.42 Å². The lowest BCUT2D eigenvalue weighted by Gasteiger charge is -2.34. The fourth-order valence-corrected chi connectivity index (χ4v) is 5.18. The van der Waals surface area contributed by atoms with Crippen molar-refractivity contribution in [1.82, 2.24) is 9.55 Å². The Morgan fingerprint density at radius 3 is 2.75 bits per heavy atom. The van der Waals surface area contributed by atoms with Gasteiger partial charge in [-0.05, 0) is 42.4 Å². The summed E-state index contributed by atoms with van der Waals surface area (Å²) >= 11 is 1.57. The second-order valence-electron chi connectivity index (χ2n) is 9.15. The lowest BCUT2D eigenvalue weighted by molar-refractivity contribution is 0.0998. The number of nitrogens with two attached hydrogens (primary N) is 1. The molecule has 32 heavy (non-hydrogen) atoms. The van der Waals surface area contributed by atoms with E-state index in [0.29, 0.717) is 12.5 Å². The topological polar surface area (TPSA) is 87.2 Å². The number of thiazole rings is 1. The predicted octanol–water partition coefficient (Wildman–Crippen LogP) is 4.67. The number of carbonyl (C=O) groups excluding carboxylic acids is 1. The van der Waals surface area contributed by atoms with Crippen LogP contribution >= 0.6 is 11.3 Å². The predicted molar refractivity (Wildman–Crippen MR) is 126 cm³/mol. The van der Waals surface area contributed by atoms with Crippen LogP contribution in [0.2, 0.25) is 0 Å². The number of aromatic nitrogens is 2. The highest BCUT2D eigenvalue weighted by atomic mass is 32.1. The van der Waals surface area contributed by atoms with Gasteiger partial charge in [-0.15, -0.1) is 11.3 Å². The van der Waals surface area contributed by atoms with Crippen molar-refractivity contribution in [2.75, 3.05) is 6.61 Å². The molecule has 1 atom stereocenters. The Bertz CT molecular complexity index is 1230. The van der Waals surface area contributed by atoms with Gasteiger partial charge in [-0.25, -0.2) is 4.98 Å². The molecule has 1 aromatic carbocycles. The molecule has 1 amide bonds. The lowest BCUT2D eigenvalue weighted by atomic mass is 9.86. The van der Waals surface area contributed by atoms with Crippen LogP contribution in [0.1, 0.15) is 55.1 Å². The van der Waals surface area contributed by atoms with Crippen LogP contribution in [0.3, 0.4) is 0 Å². The third-order valence-corrected chi connectivity index (χ3v) is 7.33. The van der Waals surface area contributed by atoms with Gasteiger partial charge in [0.25, 0.3) is 5.91 Å². The number of carbonyl (C=O) groups is 1. The van der Waals surface area contributed by atoms with Crippen LogP contribution in [0.5, 0.6) is 5.75 Å². The zero-order valence-corrected chi connectivity index (χ0v) is 19.2. The average molecular weight is 450 g/mol. The van der Waals surface area contributed by atoms with E-state index in [2.05, 4.69) is 31.0 Å². The van der Waals surface area contributed by atoms with E-state index in [9.17, 15) is 9.59 Å². The molecule has 1 aliphatic heterocycles. The van der Waals surface area contributed by atoms with E-state index < -0.39 is 5.91 Å². The van der Waals surface area contributed by atoms with Gasteiger partial charge in [-0.2, -0.15) is 0 Å². The fraction of sp³-hybridized carbons (Fsp3) is 0.400. The smallest absolute Gasteiger partial charge is 0.254 e. The summed E-state index contributed by atoms with van der Waals surface area (Å²) in [6, 6.07) is 5.88. The maximum atomic E-state index is 12.7. The number of nitrogens with zero attached hydrogens (tertiary/aromatic N) is 2.